The fourth-order valence-electron chi connectivity index (χ4n) is 1.08. The van der Waals surface area contributed by atoms with Crippen LogP contribution in [0.15, 0.2) is 6.20 Å². The molecule has 0 spiro atoms. The third kappa shape index (κ3) is 1.74. The van der Waals surface area contributed by atoms with E-state index in [9.17, 15) is 8.78 Å². The Hall–Kier alpha value is -1.43. The molecule has 0 bridgehead atoms. The molecule has 0 aromatic carbocycles. The fraction of sp³-hybridized carbons (Fsp3) is 0.375. The van der Waals surface area contributed by atoms with Crippen molar-refractivity contribution in [3.8, 4) is 5.75 Å². The van der Waals surface area contributed by atoms with Gasteiger partial charge >= 0.3 is 0 Å². The molecule has 1 aromatic heterocycles. The smallest absolute Gasteiger partial charge is 0.280 e. The average Bonchev–Trinajstić information content (AvgIpc) is 2.17. The maximum absolute atomic E-state index is 12.4. The Balaban J connectivity index is 3.28. The number of aliphatic hydroxyl groups excluding tert-OH is 1. The number of aliphatic hydroxyl groups is 1. The molecule has 6 heteroatoms. The van der Waals surface area contributed by atoms with E-state index in [1.165, 1.54) is 7.11 Å². The second kappa shape index (κ2) is 4.19. The molecular formula is C8H10F2N2O2. The number of aromatic nitrogens is 1. The summed E-state index contributed by atoms with van der Waals surface area (Å²) >= 11 is 0. The van der Waals surface area contributed by atoms with E-state index >= 15 is 0 Å². The van der Waals surface area contributed by atoms with Crippen molar-refractivity contribution in [2.75, 3.05) is 12.8 Å². The van der Waals surface area contributed by atoms with Crippen molar-refractivity contribution in [1.82, 2.24) is 4.98 Å². The molecule has 4 nitrogen and oxygen atoms in total. The summed E-state index contributed by atoms with van der Waals surface area (Å²) < 4.78 is 29.5. The highest BCUT2D eigenvalue weighted by Crippen LogP contribution is 2.31. The van der Waals surface area contributed by atoms with Gasteiger partial charge in [0.25, 0.3) is 6.43 Å². The van der Waals surface area contributed by atoms with Crippen LogP contribution in [0, 0.1) is 0 Å². The first-order valence-corrected chi connectivity index (χ1v) is 3.82. The van der Waals surface area contributed by atoms with Crippen molar-refractivity contribution in [3.05, 3.63) is 17.5 Å². The lowest BCUT2D eigenvalue weighted by molar-refractivity contribution is 0.141. The van der Waals surface area contributed by atoms with Crippen molar-refractivity contribution in [2.45, 2.75) is 13.0 Å². The minimum atomic E-state index is -2.76. The van der Waals surface area contributed by atoms with Crippen LogP contribution in [0.1, 0.15) is 17.7 Å². The zero-order valence-corrected chi connectivity index (χ0v) is 7.50. The molecule has 1 heterocycles. The van der Waals surface area contributed by atoms with Crippen LogP contribution in [0.3, 0.4) is 0 Å². The molecule has 0 aliphatic carbocycles. The van der Waals surface area contributed by atoms with Crippen LogP contribution in [0.4, 0.5) is 14.5 Å². The van der Waals surface area contributed by atoms with Gasteiger partial charge in [0.1, 0.15) is 5.69 Å². The van der Waals surface area contributed by atoms with E-state index in [0.29, 0.717) is 0 Å². The van der Waals surface area contributed by atoms with E-state index < -0.39 is 18.7 Å². The standard InChI is InChI=1S/C8H10F2N2O2/c1-14-5-2-12-7(8(9)10)4(3-13)6(5)11/h2,8,13H,3H2,1H3,(H2,11,12). The van der Waals surface area contributed by atoms with Gasteiger partial charge in [-0.1, -0.05) is 0 Å². The number of methoxy groups -OCH3 is 1. The second-order valence-corrected chi connectivity index (χ2v) is 2.56. The van der Waals surface area contributed by atoms with Crippen LogP contribution in [0.5, 0.6) is 5.75 Å². The summed E-state index contributed by atoms with van der Waals surface area (Å²) in [5.74, 6) is 0.179. The maximum Gasteiger partial charge on any atom is 0.280 e. The molecule has 0 aliphatic rings. The monoisotopic (exact) mass is 204 g/mol. The Labute approximate surface area is 79.3 Å². The number of nitrogens with two attached hydrogens (primary N) is 1. The molecule has 1 aromatic rings. The summed E-state index contributed by atoms with van der Waals surface area (Å²) in [6, 6.07) is 0. The second-order valence-electron chi connectivity index (χ2n) is 2.56. The summed E-state index contributed by atoms with van der Waals surface area (Å²) in [6.45, 7) is -0.588. The van der Waals surface area contributed by atoms with E-state index in [4.69, 9.17) is 15.6 Å². The van der Waals surface area contributed by atoms with Gasteiger partial charge in [-0.05, 0) is 0 Å². The first-order valence-electron chi connectivity index (χ1n) is 3.82. The lowest BCUT2D eigenvalue weighted by Gasteiger charge is -2.11. The quantitative estimate of drug-likeness (QED) is 0.773. The highest BCUT2D eigenvalue weighted by Gasteiger charge is 2.18. The van der Waals surface area contributed by atoms with Crippen LogP contribution < -0.4 is 10.5 Å². The van der Waals surface area contributed by atoms with E-state index in [-0.39, 0.29) is 17.0 Å². The molecule has 0 atom stereocenters. The van der Waals surface area contributed by atoms with Gasteiger partial charge in [0, 0.05) is 5.56 Å². The molecule has 78 valence electrons. The van der Waals surface area contributed by atoms with Gasteiger partial charge in [0.05, 0.1) is 25.6 Å². The number of anilines is 1. The lowest BCUT2D eigenvalue weighted by atomic mass is 10.1. The molecule has 14 heavy (non-hydrogen) atoms. The molecule has 0 amide bonds. The molecule has 3 N–H and O–H groups in total. The number of halogens is 2. The first kappa shape index (κ1) is 10.6. The third-order valence-corrected chi connectivity index (χ3v) is 1.81. The number of hydrogen-bond donors (Lipinski definition) is 2. The average molecular weight is 204 g/mol. The minimum absolute atomic E-state index is 0.000278. The van der Waals surface area contributed by atoms with Gasteiger partial charge in [-0.3, -0.25) is 4.98 Å². The first-order chi connectivity index (χ1) is 6.61. The molecule has 0 saturated carbocycles. The summed E-state index contributed by atoms with van der Waals surface area (Å²) in [5.41, 5.74) is 4.89. The SMILES string of the molecule is COc1cnc(C(F)F)c(CO)c1N. The van der Waals surface area contributed by atoms with Crippen molar-refractivity contribution in [2.24, 2.45) is 0 Å². The zero-order valence-electron chi connectivity index (χ0n) is 7.50. The largest absolute Gasteiger partial charge is 0.493 e. The van der Waals surface area contributed by atoms with Gasteiger partial charge in [0.2, 0.25) is 0 Å². The summed E-state index contributed by atoms with van der Waals surface area (Å²) in [7, 11) is 1.34. The molecule has 0 aliphatic heterocycles. The lowest BCUT2D eigenvalue weighted by Crippen LogP contribution is -2.05. The Kier molecular flexibility index (Phi) is 3.19. The topological polar surface area (TPSA) is 68.4 Å². The van der Waals surface area contributed by atoms with Crippen LogP contribution in [-0.2, 0) is 6.61 Å². The predicted molar refractivity (Wildman–Crippen MR) is 46.1 cm³/mol. The van der Waals surface area contributed by atoms with E-state index in [0.717, 1.165) is 6.20 Å². The Bertz CT molecular complexity index is 331. The Morgan fingerprint density at radius 1 is 1.64 bits per heavy atom. The van der Waals surface area contributed by atoms with Crippen molar-refractivity contribution < 1.29 is 18.6 Å². The van der Waals surface area contributed by atoms with Crippen LogP contribution >= 0.6 is 0 Å². The van der Waals surface area contributed by atoms with Crippen LogP contribution in [0.25, 0.3) is 0 Å². The summed E-state index contributed by atoms with van der Waals surface area (Å²) in [5, 5.41) is 8.86. The number of rotatable bonds is 3. The molecule has 0 radical (unpaired) electrons. The highest BCUT2D eigenvalue weighted by molar-refractivity contribution is 5.58. The zero-order chi connectivity index (χ0) is 10.7. The van der Waals surface area contributed by atoms with Gasteiger partial charge in [-0.2, -0.15) is 0 Å². The van der Waals surface area contributed by atoms with E-state index in [1.54, 1.807) is 0 Å². The number of pyridine rings is 1. The number of nitrogens with zero attached hydrogens (tertiary/aromatic N) is 1. The molecular weight excluding hydrogens is 194 g/mol. The highest BCUT2D eigenvalue weighted by atomic mass is 19.3. The van der Waals surface area contributed by atoms with Crippen molar-refractivity contribution in [3.63, 3.8) is 0 Å². The predicted octanol–water partition coefficient (Wildman–Crippen LogP) is 1.10. The number of ether oxygens (including phenoxy) is 1. The van der Waals surface area contributed by atoms with Crippen molar-refractivity contribution in [1.29, 1.82) is 0 Å². The maximum atomic E-state index is 12.4. The summed E-state index contributed by atoms with van der Waals surface area (Å²) in [4.78, 5) is 3.47. The number of nitrogen functional groups attached to an aromatic ring is 1. The number of alkyl halides is 2. The third-order valence-electron chi connectivity index (χ3n) is 1.81. The van der Waals surface area contributed by atoms with Gasteiger partial charge in [-0.25, -0.2) is 8.78 Å². The summed E-state index contributed by atoms with van der Waals surface area (Å²) in [6.07, 6.45) is -1.65. The molecule has 0 unspecified atom stereocenters. The minimum Gasteiger partial charge on any atom is -0.493 e. The number of hydrogen-bond acceptors (Lipinski definition) is 4. The molecule has 0 saturated heterocycles. The van der Waals surface area contributed by atoms with Crippen molar-refractivity contribution >= 4 is 5.69 Å². The fourth-order valence-corrected chi connectivity index (χ4v) is 1.08. The van der Waals surface area contributed by atoms with Crippen LogP contribution in [0.2, 0.25) is 0 Å². The Morgan fingerprint density at radius 2 is 2.29 bits per heavy atom. The van der Waals surface area contributed by atoms with E-state index in [2.05, 4.69) is 4.98 Å². The molecule has 0 fully saturated rings. The normalized spacial score (nSPS) is 10.6. The van der Waals surface area contributed by atoms with E-state index in [1.807, 2.05) is 0 Å². The van der Waals surface area contributed by atoms with Gasteiger partial charge < -0.3 is 15.6 Å². The van der Waals surface area contributed by atoms with Crippen LogP contribution in [-0.4, -0.2) is 17.2 Å². The van der Waals surface area contributed by atoms with Gasteiger partial charge in [0.15, 0.2) is 5.75 Å². The molecule has 1 rings (SSSR count). The van der Waals surface area contributed by atoms with Gasteiger partial charge in [-0.15, -0.1) is 0 Å². The Morgan fingerprint density at radius 3 is 2.71 bits per heavy atom.